The van der Waals surface area contributed by atoms with Crippen LogP contribution in [0.25, 0.3) is 0 Å². The maximum atomic E-state index is 10.7. The number of carboxylic acid groups (broad SMARTS) is 1. The summed E-state index contributed by atoms with van der Waals surface area (Å²) in [7, 11) is 1.14. The van der Waals surface area contributed by atoms with E-state index in [1.165, 1.54) is 6.92 Å². The van der Waals surface area contributed by atoms with Crippen LogP contribution in [-0.4, -0.2) is 24.2 Å². The quantitative estimate of drug-likeness (QED) is 0.367. The van der Waals surface area contributed by atoms with Crippen molar-refractivity contribution in [2.75, 3.05) is 7.11 Å². The Morgan fingerprint density at radius 2 is 2.00 bits per heavy atom. The van der Waals surface area contributed by atoms with E-state index in [4.69, 9.17) is 5.11 Å². The molecule has 0 bridgehead atoms. The second kappa shape index (κ2) is 3.75. The summed E-state index contributed by atoms with van der Waals surface area (Å²) in [6.07, 6.45) is 0. The fourth-order valence-corrected chi connectivity index (χ4v) is 0.631. The predicted octanol–water partition coefficient (Wildman–Crippen LogP) is 0.436. The van der Waals surface area contributed by atoms with Crippen molar-refractivity contribution >= 4 is 11.9 Å². The largest absolute Gasteiger partial charge is 0.480 e. The molecule has 62 valence electrons. The Bertz CT molecular complexity index is 181. The summed E-state index contributed by atoms with van der Waals surface area (Å²) in [5, 5.41) is 8.48. The van der Waals surface area contributed by atoms with E-state index in [2.05, 4.69) is 11.3 Å². The molecule has 0 aromatic carbocycles. The van der Waals surface area contributed by atoms with Crippen LogP contribution in [0.3, 0.4) is 0 Å². The molecule has 0 saturated heterocycles. The van der Waals surface area contributed by atoms with Crippen LogP contribution in [0.15, 0.2) is 12.2 Å². The van der Waals surface area contributed by atoms with Crippen molar-refractivity contribution in [3.63, 3.8) is 0 Å². The second-order valence-corrected chi connectivity index (χ2v) is 2.14. The number of carbonyl (C=O) groups is 2. The molecule has 0 aliphatic carbocycles. The third kappa shape index (κ3) is 2.41. The van der Waals surface area contributed by atoms with Crippen molar-refractivity contribution in [3.05, 3.63) is 12.2 Å². The number of methoxy groups -OCH3 is 1. The van der Waals surface area contributed by atoms with Gasteiger partial charge in [-0.1, -0.05) is 12.2 Å². The third-order valence-electron chi connectivity index (χ3n) is 1.18. The summed E-state index contributed by atoms with van der Waals surface area (Å²) in [5.74, 6) is -3.26. The molecule has 0 aromatic rings. The van der Waals surface area contributed by atoms with E-state index in [9.17, 15) is 9.59 Å². The van der Waals surface area contributed by atoms with Gasteiger partial charge in [-0.15, -0.1) is 0 Å². The van der Waals surface area contributed by atoms with E-state index < -0.39 is 17.9 Å². The predicted molar refractivity (Wildman–Crippen MR) is 38.0 cm³/mol. The minimum atomic E-state index is -1.24. The lowest BCUT2D eigenvalue weighted by molar-refractivity contribution is -0.154. The normalized spacial score (nSPS) is 11.8. The highest BCUT2D eigenvalue weighted by Gasteiger charge is 2.27. The molecule has 0 spiro atoms. The zero-order chi connectivity index (χ0) is 9.02. The number of esters is 1. The van der Waals surface area contributed by atoms with Gasteiger partial charge in [-0.2, -0.15) is 0 Å². The molecule has 0 heterocycles. The number of aliphatic carboxylic acids is 1. The summed E-state index contributed by atoms with van der Waals surface area (Å²) in [6.45, 7) is 4.83. The number of carboxylic acids is 1. The average molecular weight is 158 g/mol. The van der Waals surface area contributed by atoms with Crippen LogP contribution in [0, 0.1) is 5.92 Å². The Kier molecular flexibility index (Phi) is 3.30. The first-order chi connectivity index (χ1) is 5.00. The van der Waals surface area contributed by atoms with Crippen LogP contribution in [0.4, 0.5) is 0 Å². The van der Waals surface area contributed by atoms with Crippen molar-refractivity contribution in [1.82, 2.24) is 0 Å². The maximum Gasteiger partial charge on any atom is 0.324 e. The molecule has 1 unspecified atom stereocenters. The second-order valence-electron chi connectivity index (χ2n) is 2.14. The SMILES string of the molecule is C=C(C)C(C(=O)O)C(=O)OC. The average Bonchev–Trinajstić information content (AvgIpc) is 1.85. The van der Waals surface area contributed by atoms with E-state index in [1.807, 2.05) is 0 Å². The third-order valence-corrected chi connectivity index (χ3v) is 1.18. The molecule has 0 rings (SSSR count). The van der Waals surface area contributed by atoms with Gasteiger partial charge in [0.05, 0.1) is 7.11 Å². The Hall–Kier alpha value is -1.32. The van der Waals surface area contributed by atoms with Crippen molar-refractivity contribution < 1.29 is 19.4 Å². The van der Waals surface area contributed by atoms with Gasteiger partial charge in [0.1, 0.15) is 0 Å². The summed E-state index contributed by atoms with van der Waals surface area (Å²) in [5.41, 5.74) is 0.268. The van der Waals surface area contributed by atoms with E-state index in [0.29, 0.717) is 0 Å². The van der Waals surface area contributed by atoms with Crippen LogP contribution in [-0.2, 0) is 14.3 Å². The highest BCUT2D eigenvalue weighted by Crippen LogP contribution is 2.09. The van der Waals surface area contributed by atoms with E-state index >= 15 is 0 Å². The number of rotatable bonds is 3. The lowest BCUT2D eigenvalue weighted by atomic mass is 10.0. The highest BCUT2D eigenvalue weighted by molar-refractivity contribution is 5.96. The first-order valence-electron chi connectivity index (χ1n) is 2.96. The van der Waals surface area contributed by atoms with Gasteiger partial charge in [-0.05, 0) is 6.92 Å². The topological polar surface area (TPSA) is 63.6 Å². The Labute approximate surface area is 64.5 Å². The zero-order valence-corrected chi connectivity index (χ0v) is 6.46. The van der Waals surface area contributed by atoms with Crippen LogP contribution < -0.4 is 0 Å². The summed E-state index contributed by atoms with van der Waals surface area (Å²) in [4.78, 5) is 21.1. The van der Waals surface area contributed by atoms with Crippen molar-refractivity contribution in [2.45, 2.75) is 6.92 Å². The van der Waals surface area contributed by atoms with Crippen LogP contribution >= 0.6 is 0 Å². The van der Waals surface area contributed by atoms with Crippen molar-refractivity contribution in [1.29, 1.82) is 0 Å². The van der Waals surface area contributed by atoms with Gasteiger partial charge in [0.25, 0.3) is 0 Å². The summed E-state index contributed by atoms with van der Waals surface area (Å²) in [6, 6.07) is 0. The van der Waals surface area contributed by atoms with Crippen molar-refractivity contribution in [2.24, 2.45) is 5.92 Å². The van der Waals surface area contributed by atoms with E-state index in [-0.39, 0.29) is 5.57 Å². The van der Waals surface area contributed by atoms with Gasteiger partial charge < -0.3 is 9.84 Å². The lowest BCUT2D eigenvalue weighted by Crippen LogP contribution is -2.25. The fourth-order valence-electron chi connectivity index (χ4n) is 0.631. The molecule has 0 radical (unpaired) electrons. The lowest BCUT2D eigenvalue weighted by Gasteiger charge is -2.07. The Morgan fingerprint density at radius 1 is 1.55 bits per heavy atom. The molecular formula is C7H10O4. The standard InChI is InChI=1S/C7H10O4/c1-4(2)5(6(8)9)7(10)11-3/h5H,1H2,2-3H3,(H,8,9). The Balaban J connectivity index is 4.47. The van der Waals surface area contributed by atoms with Gasteiger partial charge >= 0.3 is 11.9 Å². The van der Waals surface area contributed by atoms with Gasteiger partial charge in [-0.25, -0.2) is 0 Å². The first-order valence-corrected chi connectivity index (χ1v) is 2.96. The Morgan fingerprint density at radius 3 is 2.09 bits per heavy atom. The van der Waals surface area contributed by atoms with Crippen LogP contribution in [0.5, 0.6) is 0 Å². The fraction of sp³-hybridized carbons (Fsp3) is 0.429. The van der Waals surface area contributed by atoms with E-state index in [1.54, 1.807) is 0 Å². The summed E-state index contributed by atoms with van der Waals surface area (Å²) >= 11 is 0. The van der Waals surface area contributed by atoms with Crippen molar-refractivity contribution in [3.8, 4) is 0 Å². The zero-order valence-electron chi connectivity index (χ0n) is 6.46. The number of hydrogen-bond donors (Lipinski definition) is 1. The highest BCUT2D eigenvalue weighted by atomic mass is 16.5. The van der Waals surface area contributed by atoms with Gasteiger partial charge in [0, 0.05) is 0 Å². The van der Waals surface area contributed by atoms with Crippen LogP contribution in [0.1, 0.15) is 6.92 Å². The minimum Gasteiger partial charge on any atom is -0.480 e. The molecule has 1 N–H and O–H groups in total. The van der Waals surface area contributed by atoms with Gasteiger partial charge in [0.2, 0.25) is 0 Å². The van der Waals surface area contributed by atoms with E-state index in [0.717, 1.165) is 7.11 Å². The smallest absolute Gasteiger partial charge is 0.324 e. The molecule has 11 heavy (non-hydrogen) atoms. The molecular weight excluding hydrogens is 148 g/mol. The molecule has 4 heteroatoms. The van der Waals surface area contributed by atoms with Gasteiger partial charge in [0.15, 0.2) is 5.92 Å². The molecule has 1 atom stereocenters. The first kappa shape index (κ1) is 9.68. The molecule has 0 fully saturated rings. The monoisotopic (exact) mass is 158 g/mol. The minimum absolute atomic E-state index is 0.268. The number of hydrogen-bond acceptors (Lipinski definition) is 3. The number of ether oxygens (including phenoxy) is 1. The summed E-state index contributed by atoms with van der Waals surface area (Å²) < 4.78 is 4.25. The van der Waals surface area contributed by atoms with Gasteiger partial charge in [-0.3, -0.25) is 9.59 Å². The molecule has 0 aliphatic rings. The maximum absolute atomic E-state index is 10.7. The van der Waals surface area contributed by atoms with Crippen LogP contribution in [0.2, 0.25) is 0 Å². The molecule has 4 nitrogen and oxygen atoms in total. The molecule has 0 aliphatic heterocycles. The molecule has 0 aromatic heterocycles. The molecule has 0 saturated carbocycles. The number of carbonyl (C=O) groups excluding carboxylic acids is 1. The molecule has 0 amide bonds.